The molecule has 2 unspecified atom stereocenters. The summed E-state index contributed by atoms with van der Waals surface area (Å²) in [5.74, 6) is -1.48. The minimum Gasteiger partial charge on any atom is -0.398 e. The molecule has 2 atom stereocenters. The van der Waals surface area contributed by atoms with E-state index in [0.29, 0.717) is 12.0 Å². The van der Waals surface area contributed by atoms with E-state index in [1.165, 1.54) is 18.5 Å². The smallest absolute Gasteiger partial charge is 0.391 e. The van der Waals surface area contributed by atoms with E-state index < -0.39 is 17.7 Å². The molecular weight excluding hydrogens is 245 g/mol. The highest BCUT2D eigenvalue weighted by Gasteiger charge is 2.48. The number of anilines is 1. The van der Waals surface area contributed by atoms with Crippen LogP contribution in [0.4, 0.5) is 18.9 Å². The van der Waals surface area contributed by atoms with Crippen LogP contribution >= 0.6 is 0 Å². The highest BCUT2D eigenvalue weighted by Crippen LogP contribution is 2.46. The minimum atomic E-state index is -4.27. The Morgan fingerprint density at radius 2 is 2.17 bits per heavy atom. The Morgan fingerprint density at radius 3 is 2.78 bits per heavy atom. The lowest BCUT2D eigenvalue weighted by molar-refractivity contribution is -0.201. The number of hydrogen-bond acceptors (Lipinski definition) is 3. The molecule has 3 nitrogen and oxygen atoms in total. The van der Waals surface area contributed by atoms with Crippen LogP contribution in [0.3, 0.4) is 0 Å². The van der Waals surface area contributed by atoms with Crippen molar-refractivity contribution in [2.45, 2.75) is 37.5 Å². The zero-order chi connectivity index (χ0) is 13.4. The topological polar surface area (TPSA) is 59.1 Å². The molecule has 18 heavy (non-hydrogen) atoms. The standard InChI is InChI=1S/C12H15F3N2O/c13-12(14,15)8-2-1-4-11(18,6-8)9-7-17-5-3-10(9)16/h3,5,7-8,18H,1-2,4,6H2,(H2,16,17). The molecule has 1 fully saturated rings. The second-order valence-electron chi connectivity index (χ2n) is 4.83. The van der Waals surface area contributed by atoms with E-state index in [1.54, 1.807) is 0 Å². The molecule has 1 aromatic rings. The maximum atomic E-state index is 12.7. The first-order chi connectivity index (χ1) is 8.33. The summed E-state index contributed by atoms with van der Waals surface area (Å²) in [6, 6.07) is 1.49. The van der Waals surface area contributed by atoms with Crippen LogP contribution in [0.25, 0.3) is 0 Å². The van der Waals surface area contributed by atoms with Gasteiger partial charge in [0.15, 0.2) is 0 Å². The zero-order valence-corrected chi connectivity index (χ0v) is 9.74. The van der Waals surface area contributed by atoms with Gasteiger partial charge in [-0.2, -0.15) is 13.2 Å². The fraction of sp³-hybridized carbons (Fsp3) is 0.583. The van der Waals surface area contributed by atoms with Crippen molar-refractivity contribution in [3.63, 3.8) is 0 Å². The van der Waals surface area contributed by atoms with Crippen LogP contribution in [0.5, 0.6) is 0 Å². The molecule has 0 bridgehead atoms. The number of aromatic nitrogens is 1. The van der Waals surface area contributed by atoms with Gasteiger partial charge in [0.2, 0.25) is 0 Å². The Morgan fingerprint density at radius 1 is 1.44 bits per heavy atom. The Kier molecular flexibility index (Phi) is 3.23. The molecule has 0 amide bonds. The highest BCUT2D eigenvalue weighted by molar-refractivity contribution is 5.48. The molecule has 0 aliphatic heterocycles. The second-order valence-corrected chi connectivity index (χ2v) is 4.83. The summed E-state index contributed by atoms with van der Waals surface area (Å²) in [4.78, 5) is 3.83. The molecule has 1 heterocycles. The van der Waals surface area contributed by atoms with Gasteiger partial charge in [0.05, 0.1) is 11.5 Å². The number of alkyl halides is 3. The molecule has 6 heteroatoms. The van der Waals surface area contributed by atoms with E-state index in [-0.39, 0.29) is 24.9 Å². The summed E-state index contributed by atoms with van der Waals surface area (Å²) < 4.78 is 38.2. The van der Waals surface area contributed by atoms with Gasteiger partial charge < -0.3 is 10.8 Å². The van der Waals surface area contributed by atoms with E-state index in [4.69, 9.17) is 5.73 Å². The quantitative estimate of drug-likeness (QED) is 0.816. The van der Waals surface area contributed by atoms with Gasteiger partial charge in [0, 0.05) is 23.6 Å². The summed E-state index contributed by atoms with van der Waals surface area (Å²) in [5.41, 5.74) is 4.78. The Balaban J connectivity index is 2.29. The van der Waals surface area contributed by atoms with Crippen LogP contribution in [0.1, 0.15) is 31.2 Å². The molecule has 1 aliphatic carbocycles. The van der Waals surface area contributed by atoms with E-state index >= 15 is 0 Å². The summed E-state index contributed by atoms with van der Waals surface area (Å²) >= 11 is 0. The van der Waals surface area contributed by atoms with Gasteiger partial charge in [-0.15, -0.1) is 0 Å². The van der Waals surface area contributed by atoms with Crippen LogP contribution in [0, 0.1) is 5.92 Å². The average molecular weight is 260 g/mol. The Hall–Kier alpha value is -1.30. The van der Waals surface area contributed by atoms with Gasteiger partial charge >= 0.3 is 6.18 Å². The van der Waals surface area contributed by atoms with Gasteiger partial charge in [0.25, 0.3) is 0 Å². The van der Waals surface area contributed by atoms with Crippen molar-refractivity contribution in [3.8, 4) is 0 Å². The maximum Gasteiger partial charge on any atom is 0.391 e. The third-order valence-electron chi connectivity index (χ3n) is 3.55. The number of halogens is 3. The van der Waals surface area contributed by atoms with Crippen molar-refractivity contribution in [1.82, 2.24) is 4.98 Å². The van der Waals surface area contributed by atoms with Gasteiger partial charge in [-0.05, 0) is 31.7 Å². The molecule has 0 spiro atoms. The first-order valence-electron chi connectivity index (χ1n) is 5.82. The van der Waals surface area contributed by atoms with E-state index in [0.717, 1.165) is 0 Å². The SMILES string of the molecule is Nc1ccncc1C1(O)CCCC(C(F)(F)F)C1. The summed E-state index contributed by atoms with van der Waals surface area (Å²) in [6.45, 7) is 0. The van der Waals surface area contributed by atoms with E-state index in [9.17, 15) is 18.3 Å². The number of aliphatic hydroxyl groups is 1. The molecule has 1 aliphatic rings. The molecule has 2 rings (SSSR count). The van der Waals surface area contributed by atoms with Crippen molar-refractivity contribution in [3.05, 3.63) is 24.0 Å². The first-order valence-corrected chi connectivity index (χ1v) is 5.82. The fourth-order valence-electron chi connectivity index (χ4n) is 2.57. The molecule has 0 saturated heterocycles. The third-order valence-corrected chi connectivity index (χ3v) is 3.55. The number of nitrogens with two attached hydrogens (primary N) is 1. The predicted molar refractivity (Wildman–Crippen MR) is 60.6 cm³/mol. The summed E-state index contributed by atoms with van der Waals surface area (Å²) in [6.07, 6.45) is -1.13. The van der Waals surface area contributed by atoms with Crippen molar-refractivity contribution in [1.29, 1.82) is 0 Å². The van der Waals surface area contributed by atoms with Crippen LogP contribution in [-0.4, -0.2) is 16.3 Å². The number of nitrogen functional groups attached to an aromatic ring is 1. The van der Waals surface area contributed by atoms with Crippen molar-refractivity contribution < 1.29 is 18.3 Å². The molecule has 1 aromatic heterocycles. The Bertz CT molecular complexity index is 436. The molecule has 1 saturated carbocycles. The monoisotopic (exact) mass is 260 g/mol. The van der Waals surface area contributed by atoms with E-state index in [1.807, 2.05) is 0 Å². The first kappa shape index (κ1) is 13.1. The van der Waals surface area contributed by atoms with Crippen LogP contribution < -0.4 is 5.73 Å². The van der Waals surface area contributed by atoms with Crippen LogP contribution in [0.2, 0.25) is 0 Å². The van der Waals surface area contributed by atoms with Gasteiger partial charge in [-0.25, -0.2) is 0 Å². The van der Waals surface area contributed by atoms with Crippen molar-refractivity contribution in [2.24, 2.45) is 5.92 Å². The third kappa shape index (κ3) is 2.43. The number of hydrogen-bond donors (Lipinski definition) is 2. The zero-order valence-electron chi connectivity index (χ0n) is 9.74. The minimum absolute atomic E-state index is 0.0615. The normalized spacial score (nSPS) is 29.2. The molecule has 3 N–H and O–H groups in total. The number of rotatable bonds is 1. The maximum absolute atomic E-state index is 12.7. The van der Waals surface area contributed by atoms with Gasteiger partial charge in [-0.3, -0.25) is 4.98 Å². The average Bonchev–Trinajstić information content (AvgIpc) is 2.28. The summed E-state index contributed by atoms with van der Waals surface area (Å²) in [5, 5.41) is 10.4. The predicted octanol–water partition coefficient (Wildman–Crippen LogP) is 2.60. The van der Waals surface area contributed by atoms with Crippen LogP contribution in [0.15, 0.2) is 18.5 Å². The van der Waals surface area contributed by atoms with Crippen molar-refractivity contribution in [2.75, 3.05) is 5.73 Å². The second kappa shape index (κ2) is 4.42. The summed E-state index contributed by atoms with van der Waals surface area (Å²) in [7, 11) is 0. The highest BCUT2D eigenvalue weighted by atomic mass is 19.4. The van der Waals surface area contributed by atoms with E-state index in [2.05, 4.69) is 4.98 Å². The lowest BCUT2D eigenvalue weighted by atomic mass is 9.74. The number of pyridine rings is 1. The van der Waals surface area contributed by atoms with Crippen molar-refractivity contribution >= 4 is 5.69 Å². The lowest BCUT2D eigenvalue weighted by Gasteiger charge is -2.38. The molecule has 0 radical (unpaired) electrons. The Labute approximate surface area is 103 Å². The lowest BCUT2D eigenvalue weighted by Crippen LogP contribution is -2.38. The fourth-order valence-corrected chi connectivity index (χ4v) is 2.57. The molecule has 0 aromatic carbocycles. The van der Waals surface area contributed by atoms with Gasteiger partial charge in [0.1, 0.15) is 0 Å². The molecular formula is C12H15F3N2O. The largest absolute Gasteiger partial charge is 0.398 e. The number of nitrogens with zero attached hydrogens (tertiary/aromatic N) is 1. The molecule has 100 valence electrons. The van der Waals surface area contributed by atoms with Gasteiger partial charge in [-0.1, -0.05) is 0 Å². The van der Waals surface area contributed by atoms with Crippen LogP contribution in [-0.2, 0) is 5.60 Å².